The van der Waals surface area contributed by atoms with E-state index in [0.29, 0.717) is 12.3 Å². The van der Waals surface area contributed by atoms with Crippen molar-refractivity contribution in [1.29, 1.82) is 0 Å². The quantitative estimate of drug-likeness (QED) is 0.102. The lowest BCUT2D eigenvalue weighted by Gasteiger charge is -2.33. The normalized spacial score (nSPS) is 12.5. The third kappa shape index (κ3) is 8.75. The molecule has 0 amide bonds. The van der Waals surface area contributed by atoms with Crippen molar-refractivity contribution in [2.45, 2.75) is 27.7 Å². The van der Waals surface area contributed by atoms with Crippen molar-refractivity contribution < 1.29 is 27.2 Å². The highest BCUT2D eigenvalue weighted by Crippen LogP contribution is 2.66. The molecule has 0 aliphatic rings. The highest BCUT2D eigenvalue weighted by atomic mass is 31.2. The van der Waals surface area contributed by atoms with Crippen molar-refractivity contribution >= 4 is 50.8 Å². The van der Waals surface area contributed by atoms with Crippen molar-refractivity contribution in [3.05, 3.63) is 121 Å². The van der Waals surface area contributed by atoms with Gasteiger partial charge in [-0.05, 0) is 61.2 Å². The molecule has 4 aromatic rings. The second kappa shape index (κ2) is 17.2. The van der Waals surface area contributed by atoms with Crippen molar-refractivity contribution in [3.63, 3.8) is 0 Å². The Labute approximate surface area is 274 Å². The third-order valence-corrected chi connectivity index (χ3v) is 20.4. The molecule has 0 aromatic heterocycles. The van der Waals surface area contributed by atoms with E-state index < -0.39 is 29.6 Å². The number of benzene rings is 4. The molecule has 0 unspecified atom stereocenters. The summed E-state index contributed by atoms with van der Waals surface area (Å²) < 4.78 is 62.3. The first-order valence-electron chi connectivity index (χ1n) is 15.5. The smallest absolute Gasteiger partial charge is 0.291 e. The molecule has 0 heterocycles. The maximum atomic E-state index is 14.4. The first kappa shape index (κ1) is 36.5. The second-order valence-electron chi connectivity index (χ2n) is 10.1. The minimum Gasteiger partial charge on any atom is -0.291 e. The van der Waals surface area contributed by atoms with Gasteiger partial charge >= 0.3 is 15.5 Å². The highest BCUT2D eigenvalue weighted by molar-refractivity contribution is 7.88. The topological polar surface area (TPSA) is 95.8 Å². The number of hydrogen-bond acceptors (Lipinski definition) is 6. The second-order valence-corrected chi connectivity index (χ2v) is 20.5. The van der Waals surface area contributed by atoms with Gasteiger partial charge in [0, 0.05) is 14.1 Å². The number of hydrogen-bond donors (Lipinski definition) is 0. The van der Waals surface area contributed by atoms with Crippen LogP contribution in [0.1, 0.15) is 27.7 Å². The Morgan fingerprint density at radius 2 is 0.630 bits per heavy atom. The Morgan fingerprint density at radius 3 is 0.826 bits per heavy atom. The summed E-state index contributed by atoms with van der Waals surface area (Å²) >= 11 is 0. The Hall–Kier alpha value is -2.36. The van der Waals surface area contributed by atoms with Gasteiger partial charge in [0.1, 0.15) is 0 Å². The van der Waals surface area contributed by atoms with E-state index in [4.69, 9.17) is 27.1 Å². The van der Waals surface area contributed by atoms with Crippen LogP contribution in [0.15, 0.2) is 130 Å². The van der Waals surface area contributed by atoms with E-state index in [1.807, 2.05) is 121 Å². The SMILES string of the molecule is CCOP(=O)(N=P(CCP(=NP(=O)(OCC)OCC)(c1ccccc1)c1ccccc1)(c1ccccc1)c1ccccc1)OCC. The van der Waals surface area contributed by atoms with E-state index in [-0.39, 0.29) is 26.4 Å². The molecule has 0 fully saturated rings. The molecule has 0 aliphatic heterocycles. The molecule has 0 saturated carbocycles. The van der Waals surface area contributed by atoms with E-state index in [1.54, 1.807) is 27.7 Å². The monoisotopic (exact) mass is 700 g/mol. The molecule has 4 aromatic carbocycles. The van der Waals surface area contributed by atoms with Crippen molar-refractivity contribution in [2.24, 2.45) is 9.03 Å². The Balaban J connectivity index is 2.12. The van der Waals surface area contributed by atoms with Gasteiger partial charge in [-0.1, -0.05) is 121 Å². The molecule has 12 heteroatoms. The van der Waals surface area contributed by atoms with Crippen LogP contribution >= 0.6 is 29.6 Å². The van der Waals surface area contributed by atoms with E-state index >= 15 is 0 Å². The number of rotatable bonds is 17. The molecule has 4 rings (SSSR count). The average molecular weight is 701 g/mol. The van der Waals surface area contributed by atoms with Crippen LogP contribution in [0.3, 0.4) is 0 Å². The van der Waals surface area contributed by atoms with Crippen LogP contribution in [0.5, 0.6) is 0 Å². The lowest BCUT2D eigenvalue weighted by molar-refractivity contribution is 0.220. The van der Waals surface area contributed by atoms with Crippen LogP contribution in [-0.2, 0) is 27.2 Å². The zero-order valence-electron chi connectivity index (χ0n) is 26.9. The van der Waals surface area contributed by atoms with Crippen molar-refractivity contribution in [1.82, 2.24) is 0 Å². The third-order valence-electron chi connectivity index (χ3n) is 7.17. The van der Waals surface area contributed by atoms with Crippen molar-refractivity contribution in [2.75, 3.05) is 38.8 Å². The summed E-state index contributed by atoms with van der Waals surface area (Å²) in [6.07, 6.45) is 0.870. The zero-order chi connectivity index (χ0) is 32.9. The van der Waals surface area contributed by atoms with Gasteiger partial charge in [0.2, 0.25) is 0 Å². The first-order chi connectivity index (χ1) is 22.3. The largest absolute Gasteiger partial charge is 0.453 e. The molecule has 0 spiro atoms. The van der Waals surface area contributed by atoms with Crippen LogP contribution in [0.2, 0.25) is 0 Å². The molecule has 246 valence electrons. The standard InChI is InChI=1S/C34H44N2O6P4/c1-5-39-45(37,40-6-2)35-43(31-21-13-9-14-22-31,32-23-15-10-16-24-32)29-30-44(33-25-17-11-18-26-33,34-27-19-12-20-28-34)36-46(38,41-7-3)42-8-4/h9-28H,5-8,29-30H2,1-4H3. The molecule has 0 N–H and O–H groups in total. The summed E-state index contributed by atoms with van der Waals surface area (Å²) in [7, 11) is -13.6. The summed E-state index contributed by atoms with van der Waals surface area (Å²) in [6, 6.07) is 39.8. The lowest BCUT2D eigenvalue weighted by Crippen LogP contribution is -2.25. The Morgan fingerprint density at radius 1 is 0.413 bits per heavy atom. The Bertz CT molecular complexity index is 1490. The van der Waals surface area contributed by atoms with Gasteiger partial charge in [-0.2, -0.15) is 9.03 Å². The van der Waals surface area contributed by atoms with Gasteiger partial charge in [-0.15, -0.1) is 0 Å². The number of nitrogens with zero attached hydrogens (tertiary/aromatic N) is 2. The first-order valence-corrected chi connectivity index (χ1v) is 22.4. The van der Waals surface area contributed by atoms with Crippen LogP contribution < -0.4 is 21.2 Å². The summed E-state index contributed by atoms with van der Waals surface area (Å²) in [6.45, 7) is 7.84. The van der Waals surface area contributed by atoms with Crippen LogP contribution in [-0.4, -0.2) is 38.8 Å². The van der Waals surface area contributed by atoms with E-state index in [2.05, 4.69) is 0 Å². The van der Waals surface area contributed by atoms with Gasteiger partial charge in [0.15, 0.2) is 0 Å². The van der Waals surface area contributed by atoms with Gasteiger partial charge in [-0.25, -0.2) is 9.13 Å². The summed E-state index contributed by atoms with van der Waals surface area (Å²) in [5.41, 5.74) is 0. The molecule has 0 radical (unpaired) electrons. The lowest BCUT2D eigenvalue weighted by atomic mass is 10.4. The van der Waals surface area contributed by atoms with E-state index in [0.717, 1.165) is 21.2 Å². The maximum absolute atomic E-state index is 14.4. The minimum atomic E-state index is -3.91. The zero-order valence-corrected chi connectivity index (χ0v) is 30.5. The fourth-order valence-electron chi connectivity index (χ4n) is 5.30. The molecule has 0 atom stereocenters. The molecule has 0 bridgehead atoms. The molecule has 0 aliphatic carbocycles. The molecule has 46 heavy (non-hydrogen) atoms. The van der Waals surface area contributed by atoms with Crippen LogP contribution in [0.25, 0.3) is 0 Å². The highest BCUT2D eigenvalue weighted by Gasteiger charge is 2.38. The molecule has 0 saturated heterocycles. The predicted molar refractivity (Wildman–Crippen MR) is 194 cm³/mol. The van der Waals surface area contributed by atoms with Gasteiger partial charge in [0.25, 0.3) is 0 Å². The Kier molecular flexibility index (Phi) is 13.6. The van der Waals surface area contributed by atoms with Gasteiger partial charge < -0.3 is 0 Å². The summed E-state index contributed by atoms with van der Waals surface area (Å²) in [5.74, 6) is 0. The molecular weight excluding hydrogens is 656 g/mol. The predicted octanol–water partition coefficient (Wildman–Crippen LogP) is 9.05. The fraction of sp³-hybridized carbons (Fsp3) is 0.294. The van der Waals surface area contributed by atoms with Gasteiger partial charge in [0.05, 0.1) is 26.4 Å². The summed E-state index contributed by atoms with van der Waals surface area (Å²) in [5, 5.41) is 3.71. The molecule has 8 nitrogen and oxygen atoms in total. The van der Waals surface area contributed by atoms with E-state index in [9.17, 15) is 9.13 Å². The van der Waals surface area contributed by atoms with Crippen molar-refractivity contribution in [3.8, 4) is 0 Å². The summed E-state index contributed by atoms with van der Waals surface area (Å²) in [4.78, 5) is 0. The van der Waals surface area contributed by atoms with Gasteiger partial charge in [-0.3, -0.25) is 18.1 Å². The average Bonchev–Trinajstić information content (AvgIpc) is 3.08. The van der Waals surface area contributed by atoms with E-state index in [1.165, 1.54) is 0 Å². The fourth-order valence-corrected chi connectivity index (χ4v) is 19.5. The minimum absolute atomic E-state index is 0.177. The van der Waals surface area contributed by atoms with Crippen LogP contribution in [0, 0.1) is 0 Å². The van der Waals surface area contributed by atoms with Crippen LogP contribution in [0.4, 0.5) is 0 Å². The maximum Gasteiger partial charge on any atom is 0.453 e. The molecular formula is C34H44N2O6P4.